The van der Waals surface area contributed by atoms with Crippen molar-refractivity contribution in [1.29, 1.82) is 0 Å². The molecular formula is C27H31N4O4S+. The summed E-state index contributed by atoms with van der Waals surface area (Å²) < 4.78 is 19.0. The number of benzene rings is 2. The molecular weight excluding hydrogens is 476 g/mol. The zero-order valence-electron chi connectivity index (χ0n) is 20.2. The molecule has 36 heavy (non-hydrogen) atoms. The van der Waals surface area contributed by atoms with E-state index >= 15 is 0 Å². The van der Waals surface area contributed by atoms with Gasteiger partial charge in [-0.05, 0) is 30.3 Å². The summed E-state index contributed by atoms with van der Waals surface area (Å²) in [5, 5.41) is 4.94. The molecule has 0 radical (unpaired) electrons. The Balaban J connectivity index is 1.31. The van der Waals surface area contributed by atoms with Crippen LogP contribution in [-0.4, -0.2) is 78.9 Å². The molecule has 0 unspecified atom stereocenters. The van der Waals surface area contributed by atoms with E-state index in [1.807, 2.05) is 58.1 Å². The van der Waals surface area contributed by atoms with E-state index in [1.165, 1.54) is 0 Å². The van der Waals surface area contributed by atoms with E-state index in [0.717, 1.165) is 79.8 Å². The molecule has 1 atom stereocenters. The minimum absolute atomic E-state index is 0.0714. The Labute approximate surface area is 215 Å². The van der Waals surface area contributed by atoms with E-state index in [-0.39, 0.29) is 11.3 Å². The van der Waals surface area contributed by atoms with E-state index in [4.69, 9.17) is 19.3 Å². The number of carbonyl (C=O) groups is 1. The van der Waals surface area contributed by atoms with Crippen molar-refractivity contribution >= 4 is 17.7 Å². The van der Waals surface area contributed by atoms with Gasteiger partial charge >= 0.3 is 0 Å². The maximum absolute atomic E-state index is 13.0. The number of hydrogen-bond acceptors (Lipinski definition) is 6. The van der Waals surface area contributed by atoms with Crippen molar-refractivity contribution in [3.8, 4) is 28.4 Å². The quantitative estimate of drug-likeness (QED) is 0.529. The lowest BCUT2D eigenvalue weighted by Gasteiger charge is -2.27. The van der Waals surface area contributed by atoms with Crippen molar-refractivity contribution in [2.45, 2.75) is 11.8 Å². The van der Waals surface area contributed by atoms with Gasteiger partial charge in [-0.2, -0.15) is 5.10 Å². The maximum atomic E-state index is 13.0. The topological polar surface area (TPSA) is 70.3 Å². The Hall–Kier alpha value is -3.01. The minimum atomic E-state index is -0.0714. The lowest BCUT2D eigenvalue weighted by atomic mass is 10.1. The highest BCUT2D eigenvalue weighted by Gasteiger charge is 2.36. The molecule has 2 saturated heterocycles. The average Bonchev–Trinajstić information content (AvgIpc) is 3.53. The third-order valence-corrected chi connectivity index (χ3v) is 8.18. The number of fused-ring (bicyclic) bond motifs is 1. The van der Waals surface area contributed by atoms with E-state index in [0.29, 0.717) is 19.0 Å². The first-order valence-corrected chi connectivity index (χ1v) is 13.7. The molecule has 4 heterocycles. The van der Waals surface area contributed by atoms with Gasteiger partial charge in [0.05, 0.1) is 36.9 Å². The maximum Gasteiger partial charge on any atom is 0.233 e. The van der Waals surface area contributed by atoms with Gasteiger partial charge in [-0.15, -0.1) is 11.8 Å². The molecule has 6 rings (SSSR count). The fraction of sp³-hybridized carbons (Fsp3) is 0.407. The molecule has 1 aromatic heterocycles. The van der Waals surface area contributed by atoms with Crippen LogP contribution in [0, 0.1) is 0 Å². The van der Waals surface area contributed by atoms with Crippen LogP contribution in [-0.2, 0) is 9.53 Å². The molecule has 9 heteroatoms. The first-order valence-electron chi connectivity index (χ1n) is 12.6. The van der Waals surface area contributed by atoms with Crippen LogP contribution in [0.1, 0.15) is 17.4 Å². The number of aromatic nitrogens is 2. The zero-order chi connectivity index (χ0) is 24.3. The Morgan fingerprint density at radius 3 is 2.64 bits per heavy atom. The number of hydrogen-bond donors (Lipinski definition) is 1. The number of nitrogens with one attached hydrogen (secondary N) is 1. The Morgan fingerprint density at radius 1 is 1.00 bits per heavy atom. The van der Waals surface area contributed by atoms with Crippen molar-refractivity contribution < 1.29 is 23.9 Å². The third kappa shape index (κ3) is 4.83. The molecule has 1 amide bonds. The van der Waals surface area contributed by atoms with Crippen molar-refractivity contribution in [2.75, 3.05) is 58.4 Å². The Bertz CT molecular complexity index is 1210. The van der Waals surface area contributed by atoms with Gasteiger partial charge in [0.25, 0.3) is 0 Å². The van der Waals surface area contributed by atoms with Crippen LogP contribution in [0.25, 0.3) is 16.9 Å². The normalized spacial score (nSPS) is 20.2. The number of ether oxygens (including phenoxy) is 3. The van der Waals surface area contributed by atoms with Gasteiger partial charge in [-0.25, -0.2) is 4.68 Å². The van der Waals surface area contributed by atoms with Crippen LogP contribution in [0.5, 0.6) is 11.5 Å². The summed E-state index contributed by atoms with van der Waals surface area (Å²) in [4.78, 5) is 16.6. The van der Waals surface area contributed by atoms with Crippen LogP contribution < -0.4 is 14.4 Å². The molecule has 188 valence electrons. The van der Waals surface area contributed by atoms with Crippen LogP contribution in [0.15, 0.2) is 54.7 Å². The summed E-state index contributed by atoms with van der Waals surface area (Å²) in [5.41, 5.74) is 3.86. The number of nitrogens with zero attached hydrogens (tertiary/aromatic N) is 3. The van der Waals surface area contributed by atoms with Crippen molar-refractivity contribution in [3.05, 3.63) is 60.3 Å². The predicted octanol–water partition coefficient (Wildman–Crippen LogP) is 2.19. The number of amides is 1. The zero-order valence-corrected chi connectivity index (χ0v) is 21.0. The predicted molar refractivity (Wildman–Crippen MR) is 138 cm³/mol. The fourth-order valence-corrected chi connectivity index (χ4v) is 6.28. The Kier molecular flexibility index (Phi) is 6.85. The number of rotatable bonds is 7. The van der Waals surface area contributed by atoms with Gasteiger partial charge in [0.15, 0.2) is 11.5 Å². The molecule has 3 aromatic rings. The van der Waals surface area contributed by atoms with E-state index in [1.54, 1.807) is 16.7 Å². The van der Waals surface area contributed by atoms with Crippen molar-refractivity contribution in [2.24, 2.45) is 0 Å². The highest BCUT2D eigenvalue weighted by atomic mass is 32.2. The third-order valence-electron chi connectivity index (χ3n) is 6.94. The largest absolute Gasteiger partial charge is 0.486 e. The highest BCUT2D eigenvalue weighted by molar-refractivity contribution is 8.00. The highest BCUT2D eigenvalue weighted by Crippen LogP contribution is 2.44. The van der Waals surface area contributed by atoms with Gasteiger partial charge in [0, 0.05) is 30.3 Å². The lowest BCUT2D eigenvalue weighted by molar-refractivity contribution is -0.908. The van der Waals surface area contributed by atoms with Gasteiger partial charge in [0.1, 0.15) is 31.7 Å². The summed E-state index contributed by atoms with van der Waals surface area (Å²) in [6.07, 6.45) is 3.06. The standard InChI is InChI=1S/C27H30N4O4S/c32-25-19-36-27(30(25)10-4-9-29-11-13-33-14-12-29)22-18-31(21-5-2-1-3-6-21)28-26(22)20-7-8-23-24(17-20)35-16-15-34-23/h1-3,5-8,17-18,27H,4,9-16,19H2/p+1/t27-/m0/s1. The van der Waals surface area contributed by atoms with E-state index in [9.17, 15) is 4.79 Å². The van der Waals surface area contributed by atoms with Crippen molar-refractivity contribution in [3.63, 3.8) is 0 Å². The number of thioether (sulfide) groups is 1. The molecule has 0 aliphatic carbocycles. The number of carbonyl (C=O) groups excluding carboxylic acids is 1. The first kappa shape index (κ1) is 23.4. The molecule has 0 spiro atoms. The Morgan fingerprint density at radius 2 is 1.81 bits per heavy atom. The average molecular weight is 508 g/mol. The van der Waals surface area contributed by atoms with Gasteiger partial charge in [-0.1, -0.05) is 18.2 Å². The second-order valence-corrected chi connectivity index (χ2v) is 10.4. The van der Waals surface area contributed by atoms with Gasteiger partial charge in [0.2, 0.25) is 5.91 Å². The van der Waals surface area contributed by atoms with Gasteiger partial charge in [-0.3, -0.25) is 4.79 Å². The summed E-state index contributed by atoms with van der Waals surface area (Å²) in [7, 11) is 0. The summed E-state index contributed by atoms with van der Waals surface area (Å²) in [6, 6.07) is 16.1. The fourth-order valence-electron chi connectivity index (χ4n) is 5.06. The smallest absolute Gasteiger partial charge is 0.233 e. The van der Waals surface area contributed by atoms with Crippen LogP contribution >= 0.6 is 11.8 Å². The monoisotopic (exact) mass is 507 g/mol. The van der Waals surface area contributed by atoms with Crippen LogP contribution in [0.4, 0.5) is 0 Å². The SMILES string of the molecule is O=C1CS[C@@H](c2cn(-c3ccccc3)nc2-c2ccc3c(c2)OCCO3)N1CCC[NH+]1CCOCC1. The number of para-hydroxylation sites is 1. The second-order valence-electron chi connectivity index (χ2n) is 9.29. The second kappa shape index (κ2) is 10.5. The summed E-state index contributed by atoms with van der Waals surface area (Å²) in [6.45, 7) is 6.65. The van der Waals surface area contributed by atoms with Crippen LogP contribution in [0.2, 0.25) is 0 Å². The van der Waals surface area contributed by atoms with E-state index < -0.39 is 0 Å². The van der Waals surface area contributed by atoms with E-state index in [2.05, 4.69) is 6.20 Å². The summed E-state index contributed by atoms with van der Waals surface area (Å²) >= 11 is 1.68. The van der Waals surface area contributed by atoms with Crippen LogP contribution in [0.3, 0.4) is 0 Å². The first-order chi connectivity index (χ1) is 17.8. The number of quaternary nitrogens is 1. The minimum Gasteiger partial charge on any atom is -0.486 e. The molecule has 3 aliphatic rings. The summed E-state index contributed by atoms with van der Waals surface area (Å²) in [5.74, 6) is 2.18. The molecule has 0 bridgehead atoms. The number of morpholine rings is 1. The molecule has 0 saturated carbocycles. The molecule has 2 aromatic carbocycles. The van der Waals surface area contributed by atoms with Crippen molar-refractivity contribution in [1.82, 2.24) is 14.7 Å². The molecule has 2 fully saturated rings. The molecule has 3 aliphatic heterocycles. The molecule has 1 N–H and O–H groups in total. The van der Waals surface area contributed by atoms with Gasteiger partial charge < -0.3 is 24.0 Å². The lowest BCUT2D eigenvalue weighted by Crippen LogP contribution is -3.14. The molecule has 8 nitrogen and oxygen atoms in total.